The van der Waals surface area contributed by atoms with Crippen LogP contribution in [0.5, 0.6) is 0 Å². The molecule has 0 fully saturated rings. The highest BCUT2D eigenvalue weighted by Gasteiger charge is 2.21. The van der Waals surface area contributed by atoms with Gasteiger partial charge < -0.3 is 10.4 Å². The smallest absolute Gasteiger partial charge is 0.251 e. The standard InChI is InChI=1S/C17H17NO2/c1-2-15(19)16(13-9-5-3-6-10-13)18-17(20)14-11-7-4-8-12-14/h2-12,15-16,19H,1H2,(H,18,20). The number of aliphatic hydroxyl groups is 1. The molecule has 1 amide bonds. The quantitative estimate of drug-likeness (QED) is 0.818. The normalized spacial score (nSPS) is 13.2. The third kappa shape index (κ3) is 3.33. The maximum absolute atomic E-state index is 12.2. The average Bonchev–Trinajstić information content (AvgIpc) is 2.53. The third-order valence-corrected chi connectivity index (χ3v) is 3.06. The van der Waals surface area contributed by atoms with Crippen LogP contribution in [0.4, 0.5) is 0 Å². The minimum Gasteiger partial charge on any atom is -0.387 e. The summed E-state index contributed by atoms with van der Waals surface area (Å²) < 4.78 is 0. The molecule has 0 aliphatic rings. The van der Waals surface area contributed by atoms with Crippen molar-refractivity contribution >= 4 is 5.91 Å². The number of rotatable bonds is 5. The molecule has 0 saturated heterocycles. The van der Waals surface area contributed by atoms with Crippen molar-refractivity contribution in [2.75, 3.05) is 0 Å². The average molecular weight is 267 g/mol. The molecular formula is C17H17NO2. The first-order chi connectivity index (χ1) is 9.72. The molecule has 3 nitrogen and oxygen atoms in total. The zero-order valence-corrected chi connectivity index (χ0v) is 11.1. The molecule has 0 aliphatic heterocycles. The van der Waals surface area contributed by atoms with Crippen LogP contribution in [0, 0.1) is 0 Å². The van der Waals surface area contributed by atoms with Crippen LogP contribution in [-0.2, 0) is 0 Å². The molecule has 2 aromatic carbocycles. The first kappa shape index (κ1) is 14.0. The van der Waals surface area contributed by atoms with Gasteiger partial charge in [-0.2, -0.15) is 0 Å². The maximum Gasteiger partial charge on any atom is 0.251 e. The van der Waals surface area contributed by atoms with E-state index in [4.69, 9.17) is 0 Å². The van der Waals surface area contributed by atoms with E-state index in [2.05, 4.69) is 11.9 Å². The lowest BCUT2D eigenvalue weighted by atomic mass is 10.0. The number of hydrogen-bond acceptors (Lipinski definition) is 2. The summed E-state index contributed by atoms with van der Waals surface area (Å²) >= 11 is 0. The zero-order chi connectivity index (χ0) is 14.4. The maximum atomic E-state index is 12.2. The van der Waals surface area contributed by atoms with E-state index in [1.807, 2.05) is 36.4 Å². The Bertz CT molecular complexity index is 566. The van der Waals surface area contributed by atoms with E-state index >= 15 is 0 Å². The summed E-state index contributed by atoms with van der Waals surface area (Å²) in [5, 5.41) is 12.9. The van der Waals surface area contributed by atoms with Gasteiger partial charge in [0.05, 0.1) is 12.1 Å². The number of hydrogen-bond donors (Lipinski definition) is 2. The minimum absolute atomic E-state index is 0.222. The lowest BCUT2D eigenvalue weighted by molar-refractivity contribution is 0.0884. The van der Waals surface area contributed by atoms with Crippen LogP contribution in [0.15, 0.2) is 73.3 Å². The van der Waals surface area contributed by atoms with Gasteiger partial charge in [-0.15, -0.1) is 6.58 Å². The molecule has 2 rings (SSSR count). The Balaban J connectivity index is 2.21. The van der Waals surface area contributed by atoms with Gasteiger partial charge >= 0.3 is 0 Å². The van der Waals surface area contributed by atoms with Crippen LogP contribution in [0.2, 0.25) is 0 Å². The highest BCUT2D eigenvalue weighted by Crippen LogP contribution is 2.18. The summed E-state index contributed by atoms with van der Waals surface area (Å²) in [6.45, 7) is 3.59. The second-order valence-corrected chi connectivity index (χ2v) is 4.45. The van der Waals surface area contributed by atoms with Crippen LogP contribution < -0.4 is 5.32 Å². The summed E-state index contributed by atoms with van der Waals surface area (Å²) in [6.07, 6.45) is 0.577. The van der Waals surface area contributed by atoms with Gasteiger partial charge in [-0.1, -0.05) is 54.6 Å². The van der Waals surface area contributed by atoms with E-state index in [1.54, 1.807) is 24.3 Å². The van der Waals surface area contributed by atoms with E-state index in [-0.39, 0.29) is 5.91 Å². The summed E-state index contributed by atoms with van der Waals surface area (Å²) in [4.78, 5) is 12.2. The molecular weight excluding hydrogens is 250 g/mol. The zero-order valence-electron chi connectivity index (χ0n) is 11.1. The number of nitrogens with one attached hydrogen (secondary N) is 1. The molecule has 2 atom stereocenters. The van der Waals surface area contributed by atoms with Crippen LogP contribution in [0.3, 0.4) is 0 Å². The van der Waals surface area contributed by atoms with Crippen LogP contribution in [0.25, 0.3) is 0 Å². The SMILES string of the molecule is C=CC(O)C(NC(=O)c1ccccc1)c1ccccc1. The van der Waals surface area contributed by atoms with E-state index in [9.17, 15) is 9.90 Å². The van der Waals surface area contributed by atoms with Crippen molar-refractivity contribution in [3.05, 3.63) is 84.4 Å². The van der Waals surface area contributed by atoms with Gasteiger partial charge in [0, 0.05) is 5.56 Å². The highest BCUT2D eigenvalue weighted by molar-refractivity contribution is 5.94. The molecule has 0 bridgehead atoms. The Morgan fingerprint density at radius 1 is 1.05 bits per heavy atom. The largest absolute Gasteiger partial charge is 0.387 e. The molecule has 2 aromatic rings. The predicted molar refractivity (Wildman–Crippen MR) is 79.3 cm³/mol. The van der Waals surface area contributed by atoms with Gasteiger partial charge in [-0.3, -0.25) is 4.79 Å². The topological polar surface area (TPSA) is 49.3 Å². The fraction of sp³-hybridized carbons (Fsp3) is 0.118. The molecule has 0 saturated carbocycles. The number of carbonyl (C=O) groups excluding carboxylic acids is 1. The van der Waals surface area contributed by atoms with Crippen molar-refractivity contribution in [2.45, 2.75) is 12.1 Å². The molecule has 2 unspecified atom stereocenters. The predicted octanol–water partition coefficient (Wildman–Crippen LogP) is 2.70. The lowest BCUT2D eigenvalue weighted by Crippen LogP contribution is -2.35. The van der Waals surface area contributed by atoms with Gasteiger partial charge in [0.2, 0.25) is 0 Å². The Morgan fingerprint density at radius 3 is 2.15 bits per heavy atom. The molecule has 0 heterocycles. The number of carbonyl (C=O) groups is 1. The molecule has 0 aliphatic carbocycles. The summed E-state index contributed by atoms with van der Waals surface area (Å²) in [7, 11) is 0. The molecule has 20 heavy (non-hydrogen) atoms. The Kier molecular flexibility index (Phi) is 4.69. The van der Waals surface area contributed by atoms with Crippen LogP contribution in [-0.4, -0.2) is 17.1 Å². The van der Waals surface area contributed by atoms with Crippen molar-refractivity contribution < 1.29 is 9.90 Å². The third-order valence-electron chi connectivity index (χ3n) is 3.06. The van der Waals surface area contributed by atoms with Gasteiger partial charge in [-0.05, 0) is 17.7 Å². The lowest BCUT2D eigenvalue weighted by Gasteiger charge is -2.22. The van der Waals surface area contributed by atoms with Crippen LogP contribution in [0.1, 0.15) is 22.0 Å². The van der Waals surface area contributed by atoms with Gasteiger partial charge in [0.25, 0.3) is 5.91 Å². The van der Waals surface area contributed by atoms with E-state index in [1.165, 1.54) is 6.08 Å². The first-order valence-corrected chi connectivity index (χ1v) is 6.44. The van der Waals surface area contributed by atoms with Crippen molar-refractivity contribution in [1.29, 1.82) is 0 Å². The number of amides is 1. The Morgan fingerprint density at radius 2 is 1.60 bits per heavy atom. The molecule has 0 spiro atoms. The molecule has 0 aromatic heterocycles. The van der Waals surface area contributed by atoms with Gasteiger partial charge in [0.15, 0.2) is 0 Å². The summed E-state index contributed by atoms with van der Waals surface area (Å²) in [5.74, 6) is -0.222. The fourth-order valence-electron chi connectivity index (χ4n) is 1.98. The van der Waals surface area contributed by atoms with E-state index < -0.39 is 12.1 Å². The van der Waals surface area contributed by atoms with E-state index in [0.29, 0.717) is 5.56 Å². The second kappa shape index (κ2) is 6.68. The van der Waals surface area contributed by atoms with Gasteiger partial charge in [-0.25, -0.2) is 0 Å². The number of benzene rings is 2. The first-order valence-electron chi connectivity index (χ1n) is 6.44. The fourth-order valence-corrected chi connectivity index (χ4v) is 1.98. The van der Waals surface area contributed by atoms with Crippen LogP contribution >= 0.6 is 0 Å². The van der Waals surface area contributed by atoms with Crippen molar-refractivity contribution in [2.24, 2.45) is 0 Å². The van der Waals surface area contributed by atoms with E-state index in [0.717, 1.165) is 5.56 Å². The second-order valence-electron chi connectivity index (χ2n) is 4.45. The molecule has 3 heteroatoms. The Labute approximate surface area is 118 Å². The highest BCUT2D eigenvalue weighted by atomic mass is 16.3. The Hall–Kier alpha value is -2.39. The summed E-state index contributed by atoms with van der Waals surface area (Å²) in [5.41, 5.74) is 1.40. The van der Waals surface area contributed by atoms with Crippen molar-refractivity contribution in [1.82, 2.24) is 5.32 Å². The van der Waals surface area contributed by atoms with Crippen molar-refractivity contribution in [3.8, 4) is 0 Å². The monoisotopic (exact) mass is 267 g/mol. The number of aliphatic hydroxyl groups excluding tert-OH is 1. The summed E-state index contributed by atoms with van der Waals surface area (Å²) in [6, 6.07) is 17.8. The minimum atomic E-state index is -0.843. The van der Waals surface area contributed by atoms with Gasteiger partial charge in [0.1, 0.15) is 0 Å². The molecule has 102 valence electrons. The molecule has 0 radical (unpaired) electrons. The van der Waals surface area contributed by atoms with Crippen molar-refractivity contribution in [3.63, 3.8) is 0 Å². The molecule has 2 N–H and O–H groups in total.